The van der Waals surface area contributed by atoms with Crippen LogP contribution in [-0.4, -0.2) is 42.4 Å². The van der Waals surface area contributed by atoms with Crippen LogP contribution in [0.3, 0.4) is 0 Å². The number of carbonyl (C=O) groups excluding carboxylic acids is 3. The SMILES string of the molecule is CCOC(=O)C1=C(C)N(CC(C)C)C(=O)/C1=C\c1ccc(OCC(=O)NCc2ccccc2)cc1. The molecule has 35 heavy (non-hydrogen) atoms. The predicted octanol–water partition coefficient (Wildman–Crippen LogP) is 4.10. The van der Waals surface area contributed by atoms with Crippen LogP contribution in [0.2, 0.25) is 0 Å². The van der Waals surface area contributed by atoms with Crippen LogP contribution in [0.1, 0.15) is 38.8 Å². The van der Waals surface area contributed by atoms with Crippen LogP contribution in [-0.2, 0) is 25.7 Å². The highest BCUT2D eigenvalue weighted by Gasteiger charge is 2.37. The third-order valence-electron chi connectivity index (χ3n) is 5.43. The summed E-state index contributed by atoms with van der Waals surface area (Å²) in [7, 11) is 0. The summed E-state index contributed by atoms with van der Waals surface area (Å²) in [5, 5.41) is 2.82. The third-order valence-corrected chi connectivity index (χ3v) is 5.43. The van der Waals surface area contributed by atoms with Gasteiger partial charge in [0.2, 0.25) is 0 Å². The molecule has 0 aromatic heterocycles. The summed E-state index contributed by atoms with van der Waals surface area (Å²) >= 11 is 0. The Morgan fingerprint density at radius 1 is 1.06 bits per heavy atom. The molecule has 1 aliphatic heterocycles. The molecule has 0 aliphatic carbocycles. The summed E-state index contributed by atoms with van der Waals surface area (Å²) < 4.78 is 10.8. The Bertz CT molecular complexity index is 1120. The molecule has 2 aromatic rings. The van der Waals surface area contributed by atoms with Crippen LogP contribution in [0.15, 0.2) is 71.4 Å². The summed E-state index contributed by atoms with van der Waals surface area (Å²) in [6, 6.07) is 16.6. The van der Waals surface area contributed by atoms with E-state index in [9.17, 15) is 14.4 Å². The molecular formula is C28H32N2O5. The number of benzene rings is 2. The normalized spacial score (nSPS) is 14.6. The van der Waals surface area contributed by atoms with Gasteiger partial charge in [0.05, 0.1) is 17.8 Å². The molecule has 0 fully saturated rings. The van der Waals surface area contributed by atoms with Crippen molar-refractivity contribution in [3.8, 4) is 5.75 Å². The van der Waals surface area contributed by atoms with Gasteiger partial charge in [0, 0.05) is 18.8 Å². The van der Waals surface area contributed by atoms with Gasteiger partial charge in [-0.15, -0.1) is 0 Å². The number of amides is 2. The lowest BCUT2D eigenvalue weighted by molar-refractivity contribution is -0.138. The van der Waals surface area contributed by atoms with Crippen molar-refractivity contribution in [1.29, 1.82) is 0 Å². The zero-order valence-electron chi connectivity index (χ0n) is 20.7. The molecule has 0 radical (unpaired) electrons. The van der Waals surface area contributed by atoms with E-state index in [2.05, 4.69) is 5.32 Å². The summed E-state index contributed by atoms with van der Waals surface area (Å²) in [6.45, 7) is 8.63. The van der Waals surface area contributed by atoms with E-state index in [0.29, 0.717) is 35.7 Å². The van der Waals surface area contributed by atoms with E-state index in [1.807, 2.05) is 44.2 Å². The number of nitrogens with zero attached hydrogens (tertiary/aromatic N) is 1. The molecule has 0 unspecified atom stereocenters. The Morgan fingerprint density at radius 2 is 1.74 bits per heavy atom. The first-order chi connectivity index (χ1) is 16.8. The number of hydrogen-bond donors (Lipinski definition) is 1. The average Bonchev–Trinajstić information content (AvgIpc) is 3.07. The quantitative estimate of drug-likeness (QED) is 0.412. The lowest BCUT2D eigenvalue weighted by Crippen LogP contribution is -2.28. The Balaban J connectivity index is 1.67. The number of esters is 1. The van der Waals surface area contributed by atoms with Crippen LogP contribution in [0.4, 0.5) is 0 Å². The van der Waals surface area contributed by atoms with Gasteiger partial charge in [-0.3, -0.25) is 9.59 Å². The molecule has 2 amide bonds. The molecule has 184 valence electrons. The fraction of sp³-hybridized carbons (Fsp3) is 0.321. The van der Waals surface area contributed by atoms with Crippen molar-refractivity contribution >= 4 is 23.9 Å². The van der Waals surface area contributed by atoms with Crippen molar-refractivity contribution < 1.29 is 23.9 Å². The van der Waals surface area contributed by atoms with E-state index in [1.54, 1.807) is 49.1 Å². The molecule has 1 N–H and O–H groups in total. The monoisotopic (exact) mass is 476 g/mol. The highest BCUT2D eigenvalue weighted by molar-refractivity contribution is 6.16. The van der Waals surface area contributed by atoms with Gasteiger partial charge in [-0.1, -0.05) is 56.3 Å². The standard InChI is InChI=1S/C28H32N2O5/c1-5-34-28(33)26-20(4)30(17-19(2)3)27(32)24(26)15-21-11-13-23(14-12-21)35-18-25(31)29-16-22-9-7-6-8-10-22/h6-15,19H,5,16-18H2,1-4H3,(H,29,31)/b24-15-. The van der Waals surface area contributed by atoms with Crippen molar-refractivity contribution in [3.63, 3.8) is 0 Å². The van der Waals surface area contributed by atoms with Crippen LogP contribution in [0, 0.1) is 5.92 Å². The van der Waals surface area contributed by atoms with Gasteiger partial charge >= 0.3 is 5.97 Å². The molecule has 0 atom stereocenters. The second kappa shape index (κ2) is 12.0. The van der Waals surface area contributed by atoms with Gasteiger partial charge < -0.3 is 19.7 Å². The molecule has 7 nitrogen and oxygen atoms in total. The maximum Gasteiger partial charge on any atom is 0.340 e. The van der Waals surface area contributed by atoms with Crippen LogP contribution < -0.4 is 10.1 Å². The first-order valence-electron chi connectivity index (χ1n) is 11.8. The third kappa shape index (κ3) is 6.82. The van der Waals surface area contributed by atoms with Crippen LogP contribution >= 0.6 is 0 Å². The van der Waals surface area contributed by atoms with Crippen molar-refractivity contribution in [3.05, 3.63) is 82.6 Å². The Morgan fingerprint density at radius 3 is 2.37 bits per heavy atom. The van der Waals surface area contributed by atoms with Crippen LogP contribution in [0.5, 0.6) is 5.75 Å². The van der Waals surface area contributed by atoms with E-state index < -0.39 is 5.97 Å². The lowest BCUT2D eigenvalue weighted by atomic mass is 10.0. The molecule has 0 spiro atoms. The molecule has 1 aliphatic rings. The second-order valence-corrected chi connectivity index (χ2v) is 8.67. The molecule has 0 saturated carbocycles. The molecule has 0 saturated heterocycles. The van der Waals surface area contributed by atoms with E-state index >= 15 is 0 Å². The Hall–Kier alpha value is -3.87. The van der Waals surface area contributed by atoms with E-state index in [-0.39, 0.29) is 30.9 Å². The summed E-state index contributed by atoms with van der Waals surface area (Å²) in [6.07, 6.45) is 1.69. The second-order valence-electron chi connectivity index (χ2n) is 8.67. The fourth-order valence-corrected chi connectivity index (χ4v) is 3.74. The maximum atomic E-state index is 13.1. The topological polar surface area (TPSA) is 84.9 Å². The lowest BCUT2D eigenvalue weighted by Gasteiger charge is -2.19. The highest BCUT2D eigenvalue weighted by Crippen LogP contribution is 2.32. The van der Waals surface area contributed by atoms with Gasteiger partial charge in [-0.25, -0.2) is 4.79 Å². The fourth-order valence-electron chi connectivity index (χ4n) is 3.74. The van der Waals surface area contributed by atoms with Gasteiger partial charge in [0.25, 0.3) is 11.8 Å². The smallest absolute Gasteiger partial charge is 0.340 e. The zero-order chi connectivity index (χ0) is 25.4. The maximum absolute atomic E-state index is 13.1. The van der Waals surface area contributed by atoms with Crippen molar-refractivity contribution in [2.24, 2.45) is 5.92 Å². The number of nitrogens with one attached hydrogen (secondary N) is 1. The van der Waals surface area contributed by atoms with Crippen molar-refractivity contribution in [1.82, 2.24) is 10.2 Å². The van der Waals surface area contributed by atoms with Gasteiger partial charge in [-0.2, -0.15) is 0 Å². The number of rotatable bonds is 10. The number of carbonyl (C=O) groups is 3. The first-order valence-corrected chi connectivity index (χ1v) is 11.8. The number of hydrogen-bond acceptors (Lipinski definition) is 5. The van der Waals surface area contributed by atoms with E-state index in [4.69, 9.17) is 9.47 Å². The molecule has 7 heteroatoms. The zero-order valence-corrected chi connectivity index (χ0v) is 20.7. The minimum atomic E-state index is -0.502. The minimum absolute atomic E-state index is 0.106. The number of allylic oxidation sites excluding steroid dienone is 1. The number of ether oxygens (including phenoxy) is 2. The van der Waals surface area contributed by atoms with Crippen LogP contribution in [0.25, 0.3) is 6.08 Å². The van der Waals surface area contributed by atoms with Gasteiger partial charge in [0.15, 0.2) is 6.61 Å². The molecule has 1 heterocycles. The average molecular weight is 477 g/mol. The largest absolute Gasteiger partial charge is 0.484 e. The van der Waals surface area contributed by atoms with Gasteiger partial charge in [0.1, 0.15) is 5.75 Å². The van der Waals surface area contributed by atoms with Crippen molar-refractivity contribution in [2.45, 2.75) is 34.2 Å². The predicted molar refractivity (Wildman–Crippen MR) is 134 cm³/mol. The molecule has 0 bridgehead atoms. The summed E-state index contributed by atoms with van der Waals surface area (Å²) in [5.41, 5.74) is 2.96. The Kier molecular flexibility index (Phi) is 8.84. The van der Waals surface area contributed by atoms with Crippen molar-refractivity contribution in [2.75, 3.05) is 19.8 Å². The molecule has 2 aromatic carbocycles. The Labute approximate surface area is 206 Å². The van der Waals surface area contributed by atoms with E-state index in [0.717, 1.165) is 11.1 Å². The minimum Gasteiger partial charge on any atom is -0.484 e. The first kappa shape index (κ1) is 25.7. The van der Waals surface area contributed by atoms with Gasteiger partial charge in [-0.05, 0) is 49.1 Å². The highest BCUT2D eigenvalue weighted by atomic mass is 16.5. The summed E-state index contributed by atoms with van der Waals surface area (Å²) in [5.74, 6) is -0.162. The molecule has 3 rings (SSSR count). The van der Waals surface area contributed by atoms with E-state index in [1.165, 1.54) is 0 Å². The summed E-state index contributed by atoms with van der Waals surface area (Å²) in [4.78, 5) is 39.5. The molecular weight excluding hydrogens is 444 g/mol.